The zero-order valence-electron chi connectivity index (χ0n) is 10.1. The molecule has 1 aromatic carbocycles. The first-order valence-electron chi connectivity index (χ1n) is 5.83. The molecule has 17 heavy (non-hydrogen) atoms. The maximum absolute atomic E-state index is 11.4. The fourth-order valence-corrected chi connectivity index (χ4v) is 1.93. The molecule has 0 radical (unpaired) electrons. The molecule has 0 fully saturated rings. The van der Waals surface area contributed by atoms with E-state index in [0.717, 1.165) is 22.9 Å². The SMILES string of the molecule is CCC(C)c1cc2ccccc2nc1C(N)=O. The van der Waals surface area contributed by atoms with E-state index in [1.54, 1.807) is 0 Å². The number of aromatic nitrogens is 1. The van der Waals surface area contributed by atoms with E-state index in [1.807, 2.05) is 30.3 Å². The molecule has 1 atom stereocenters. The van der Waals surface area contributed by atoms with Gasteiger partial charge in [-0.1, -0.05) is 32.0 Å². The number of pyridine rings is 1. The Hall–Kier alpha value is -1.90. The van der Waals surface area contributed by atoms with Gasteiger partial charge in [-0.25, -0.2) is 4.98 Å². The van der Waals surface area contributed by atoms with Crippen molar-refractivity contribution < 1.29 is 4.79 Å². The molecule has 2 N–H and O–H groups in total. The first-order valence-corrected chi connectivity index (χ1v) is 5.83. The van der Waals surface area contributed by atoms with Gasteiger partial charge in [-0.15, -0.1) is 0 Å². The van der Waals surface area contributed by atoms with E-state index >= 15 is 0 Å². The molecule has 3 nitrogen and oxygen atoms in total. The van der Waals surface area contributed by atoms with Crippen LogP contribution in [0.3, 0.4) is 0 Å². The van der Waals surface area contributed by atoms with Gasteiger partial charge in [0.1, 0.15) is 5.69 Å². The molecule has 1 aromatic heterocycles. The Kier molecular flexibility index (Phi) is 3.09. The minimum absolute atomic E-state index is 0.287. The molecule has 0 bridgehead atoms. The van der Waals surface area contributed by atoms with E-state index in [0.29, 0.717) is 5.69 Å². The van der Waals surface area contributed by atoms with Crippen molar-refractivity contribution in [3.63, 3.8) is 0 Å². The van der Waals surface area contributed by atoms with Gasteiger partial charge in [-0.3, -0.25) is 4.79 Å². The molecule has 1 unspecified atom stereocenters. The van der Waals surface area contributed by atoms with Crippen molar-refractivity contribution in [1.29, 1.82) is 0 Å². The summed E-state index contributed by atoms with van der Waals surface area (Å²) in [6.45, 7) is 4.17. The Morgan fingerprint density at radius 3 is 2.76 bits per heavy atom. The molecule has 88 valence electrons. The normalized spacial score (nSPS) is 12.6. The lowest BCUT2D eigenvalue weighted by atomic mass is 9.95. The van der Waals surface area contributed by atoms with Gasteiger partial charge in [0.25, 0.3) is 5.91 Å². The standard InChI is InChI=1S/C14H16N2O/c1-3-9(2)11-8-10-6-4-5-7-12(10)16-13(11)14(15)17/h4-9H,3H2,1-2H3,(H2,15,17). The highest BCUT2D eigenvalue weighted by atomic mass is 16.1. The predicted octanol–water partition coefficient (Wildman–Crippen LogP) is 2.85. The minimum atomic E-state index is -0.453. The van der Waals surface area contributed by atoms with Crippen molar-refractivity contribution in [2.45, 2.75) is 26.2 Å². The van der Waals surface area contributed by atoms with Gasteiger partial charge < -0.3 is 5.73 Å². The summed E-state index contributed by atoms with van der Waals surface area (Å²) in [4.78, 5) is 15.8. The topological polar surface area (TPSA) is 56.0 Å². The Morgan fingerprint density at radius 1 is 1.41 bits per heavy atom. The van der Waals surface area contributed by atoms with Crippen LogP contribution in [-0.2, 0) is 0 Å². The molecule has 0 saturated heterocycles. The third-order valence-corrected chi connectivity index (χ3v) is 3.13. The van der Waals surface area contributed by atoms with E-state index in [2.05, 4.69) is 18.8 Å². The number of hydrogen-bond donors (Lipinski definition) is 1. The molecule has 0 aliphatic rings. The van der Waals surface area contributed by atoms with Crippen LogP contribution in [0.2, 0.25) is 0 Å². The van der Waals surface area contributed by atoms with Gasteiger partial charge in [0.05, 0.1) is 5.52 Å². The number of benzene rings is 1. The van der Waals surface area contributed by atoms with Crippen molar-refractivity contribution in [3.8, 4) is 0 Å². The molecule has 1 amide bonds. The average Bonchev–Trinajstić information content (AvgIpc) is 2.36. The van der Waals surface area contributed by atoms with Crippen LogP contribution >= 0.6 is 0 Å². The summed E-state index contributed by atoms with van der Waals surface area (Å²) < 4.78 is 0. The highest BCUT2D eigenvalue weighted by molar-refractivity contribution is 5.95. The number of para-hydroxylation sites is 1. The summed E-state index contributed by atoms with van der Waals surface area (Å²) >= 11 is 0. The maximum atomic E-state index is 11.4. The van der Waals surface area contributed by atoms with Gasteiger partial charge in [-0.05, 0) is 30.0 Å². The lowest BCUT2D eigenvalue weighted by Crippen LogP contribution is -2.17. The van der Waals surface area contributed by atoms with E-state index in [1.165, 1.54) is 0 Å². The van der Waals surface area contributed by atoms with Crippen molar-refractivity contribution in [3.05, 3.63) is 41.6 Å². The monoisotopic (exact) mass is 228 g/mol. The van der Waals surface area contributed by atoms with Gasteiger partial charge in [0, 0.05) is 5.39 Å². The third-order valence-electron chi connectivity index (χ3n) is 3.13. The molecule has 1 heterocycles. The zero-order valence-corrected chi connectivity index (χ0v) is 10.1. The predicted molar refractivity (Wildman–Crippen MR) is 69.0 cm³/mol. The summed E-state index contributed by atoms with van der Waals surface area (Å²) in [7, 11) is 0. The summed E-state index contributed by atoms with van der Waals surface area (Å²) in [6, 6.07) is 9.79. The van der Waals surface area contributed by atoms with Crippen LogP contribution in [0.5, 0.6) is 0 Å². The van der Waals surface area contributed by atoms with Crippen LogP contribution in [0.25, 0.3) is 10.9 Å². The highest BCUT2D eigenvalue weighted by Crippen LogP contribution is 2.25. The van der Waals surface area contributed by atoms with Crippen LogP contribution < -0.4 is 5.73 Å². The Bertz CT molecular complexity index is 563. The number of primary amides is 1. The largest absolute Gasteiger partial charge is 0.364 e. The van der Waals surface area contributed by atoms with Crippen molar-refractivity contribution >= 4 is 16.8 Å². The molecular formula is C14H16N2O. The number of fused-ring (bicyclic) bond motifs is 1. The molecule has 0 aliphatic heterocycles. The maximum Gasteiger partial charge on any atom is 0.267 e. The van der Waals surface area contributed by atoms with Crippen molar-refractivity contribution in [1.82, 2.24) is 4.98 Å². The Morgan fingerprint density at radius 2 is 2.12 bits per heavy atom. The average molecular weight is 228 g/mol. The van der Waals surface area contributed by atoms with Crippen LogP contribution in [-0.4, -0.2) is 10.9 Å². The number of amides is 1. The Labute approximate surface area is 101 Å². The van der Waals surface area contributed by atoms with Crippen molar-refractivity contribution in [2.75, 3.05) is 0 Å². The van der Waals surface area contributed by atoms with Gasteiger partial charge in [0.15, 0.2) is 0 Å². The van der Waals surface area contributed by atoms with Crippen LogP contribution in [0.1, 0.15) is 42.2 Å². The molecule has 0 saturated carbocycles. The number of nitrogens with two attached hydrogens (primary N) is 1. The number of hydrogen-bond acceptors (Lipinski definition) is 2. The fraction of sp³-hybridized carbons (Fsp3) is 0.286. The van der Waals surface area contributed by atoms with Gasteiger partial charge in [0.2, 0.25) is 0 Å². The molecule has 0 spiro atoms. The second-order valence-electron chi connectivity index (χ2n) is 4.29. The lowest BCUT2D eigenvalue weighted by Gasteiger charge is -2.13. The Balaban J connectivity index is 2.70. The van der Waals surface area contributed by atoms with Crippen LogP contribution in [0.4, 0.5) is 0 Å². The van der Waals surface area contributed by atoms with Crippen LogP contribution in [0, 0.1) is 0 Å². The molecule has 2 aromatic rings. The van der Waals surface area contributed by atoms with Crippen LogP contribution in [0.15, 0.2) is 30.3 Å². The quantitative estimate of drug-likeness (QED) is 0.878. The zero-order chi connectivity index (χ0) is 12.4. The van der Waals surface area contributed by atoms with E-state index in [-0.39, 0.29) is 5.92 Å². The summed E-state index contributed by atoms with van der Waals surface area (Å²) in [6.07, 6.45) is 0.959. The molecule has 2 rings (SSSR count). The number of nitrogens with zero attached hydrogens (tertiary/aromatic N) is 1. The van der Waals surface area contributed by atoms with Gasteiger partial charge >= 0.3 is 0 Å². The van der Waals surface area contributed by atoms with Gasteiger partial charge in [-0.2, -0.15) is 0 Å². The van der Waals surface area contributed by atoms with E-state index in [9.17, 15) is 4.79 Å². The minimum Gasteiger partial charge on any atom is -0.364 e. The molecule has 3 heteroatoms. The van der Waals surface area contributed by atoms with Crippen molar-refractivity contribution in [2.24, 2.45) is 5.73 Å². The van der Waals surface area contributed by atoms with E-state index < -0.39 is 5.91 Å². The third kappa shape index (κ3) is 2.13. The smallest absolute Gasteiger partial charge is 0.267 e. The fourth-order valence-electron chi connectivity index (χ4n) is 1.93. The summed E-state index contributed by atoms with van der Waals surface area (Å²) in [5, 5.41) is 1.05. The lowest BCUT2D eigenvalue weighted by molar-refractivity contribution is 0.0994. The second-order valence-corrected chi connectivity index (χ2v) is 4.29. The highest BCUT2D eigenvalue weighted by Gasteiger charge is 2.15. The first-order chi connectivity index (χ1) is 8.13. The van der Waals surface area contributed by atoms with E-state index in [4.69, 9.17) is 5.73 Å². The first kappa shape index (κ1) is 11.6. The molecule has 0 aliphatic carbocycles. The second kappa shape index (κ2) is 4.53. The number of carbonyl (C=O) groups excluding carboxylic acids is 1. The molecular weight excluding hydrogens is 212 g/mol. The summed E-state index contributed by atoms with van der Waals surface area (Å²) in [5.74, 6) is -0.166. The number of rotatable bonds is 3. The summed E-state index contributed by atoms with van der Waals surface area (Å²) in [5.41, 5.74) is 7.55. The number of carbonyl (C=O) groups is 1.